The molecule has 1 aliphatic rings. The molecule has 0 saturated carbocycles. The number of nitrogens with zero attached hydrogens (tertiary/aromatic N) is 2. The lowest BCUT2D eigenvalue weighted by Gasteiger charge is -2.41. The summed E-state index contributed by atoms with van der Waals surface area (Å²) in [7, 11) is 1.96. The summed E-state index contributed by atoms with van der Waals surface area (Å²) in [5, 5.41) is 20.3. The van der Waals surface area contributed by atoms with Crippen LogP contribution in [0.25, 0.3) is 16.8 Å². The fraction of sp³-hybridized carbons (Fsp3) is 0.214. The van der Waals surface area contributed by atoms with Crippen LogP contribution in [0.1, 0.15) is 47.1 Å². The number of aldehydes is 1. The number of aromatic hydroxyl groups is 2. The first-order chi connectivity index (χ1) is 16.2. The van der Waals surface area contributed by atoms with Gasteiger partial charge in [-0.05, 0) is 46.9 Å². The van der Waals surface area contributed by atoms with Crippen LogP contribution in [0, 0.1) is 5.92 Å². The number of carbonyl (C=O) groups is 1. The number of aromatic nitrogens is 1. The van der Waals surface area contributed by atoms with Crippen LogP contribution in [0.4, 0.5) is 0 Å². The lowest BCUT2D eigenvalue weighted by Crippen LogP contribution is -2.38. The van der Waals surface area contributed by atoms with E-state index in [0.717, 1.165) is 16.8 Å². The molecule has 0 bridgehead atoms. The second-order valence-electron chi connectivity index (χ2n) is 9.00. The van der Waals surface area contributed by atoms with Crippen LogP contribution in [0.2, 0.25) is 0 Å². The predicted octanol–water partition coefficient (Wildman–Crippen LogP) is 4.80. The van der Waals surface area contributed by atoms with Gasteiger partial charge in [-0.25, -0.2) is 0 Å². The Hall–Kier alpha value is -4.06. The first-order valence-electron chi connectivity index (χ1n) is 11.2. The maximum Gasteiger partial charge on any atom is 0.192 e. The van der Waals surface area contributed by atoms with Gasteiger partial charge in [0.05, 0.1) is 23.0 Å². The molecule has 0 saturated heterocycles. The summed E-state index contributed by atoms with van der Waals surface area (Å²) in [4.78, 5) is 26.4. The van der Waals surface area contributed by atoms with Crippen molar-refractivity contribution in [3.8, 4) is 11.5 Å². The number of hydrogen-bond acceptors (Lipinski definition) is 5. The molecule has 2 N–H and O–H groups in total. The number of carbonyl (C=O) groups excluding carboxylic acids is 1. The third-order valence-electron chi connectivity index (χ3n) is 6.32. The van der Waals surface area contributed by atoms with Crippen molar-refractivity contribution in [2.45, 2.75) is 19.9 Å². The van der Waals surface area contributed by atoms with Gasteiger partial charge >= 0.3 is 0 Å². The summed E-state index contributed by atoms with van der Waals surface area (Å²) in [5.74, 6) is 0.470. The van der Waals surface area contributed by atoms with Crippen molar-refractivity contribution >= 4 is 23.1 Å². The minimum absolute atomic E-state index is 0.0440. The predicted molar refractivity (Wildman–Crippen MR) is 135 cm³/mol. The highest BCUT2D eigenvalue weighted by Crippen LogP contribution is 2.42. The fourth-order valence-corrected chi connectivity index (χ4v) is 4.58. The molecule has 1 unspecified atom stereocenters. The van der Waals surface area contributed by atoms with Crippen molar-refractivity contribution < 1.29 is 15.0 Å². The average molecular weight is 457 g/mol. The monoisotopic (exact) mass is 456 g/mol. The van der Waals surface area contributed by atoms with Gasteiger partial charge in [-0.3, -0.25) is 9.59 Å². The smallest absolute Gasteiger partial charge is 0.192 e. The number of benzene rings is 2. The van der Waals surface area contributed by atoms with Gasteiger partial charge < -0.3 is 19.7 Å². The molecule has 1 aromatic heterocycles. The Kier molecular flexibility index (Phi) is 6.16. The van der Waals surface area contributed by atoms with Crippen molar-refractivity contribution in [1.29, 1.82) is 0 Å². The topological polar surface area (TPSA) is 82.8 Å². The molecule has 0 aliphatic carbocycles. The van der Waals surface area contributed by atoms with E-state index in [1.165, 1.54) is 6.07 Å². The number of likely N-dealkylation sites (N-methyl/N-ethyl adjacent to an activating group) is 1. The van der Waals surface area contributed by atoms with Crippen LogP contribution in [0.5, 0.6) is 11.5 Å². The standard InChI is InChI=1S/C28H28N2O4/c1-17(2)25-15-29(4)28(24-13-26(34)21(16-31)14-30(24)25)27(20-8-6-10-23(33)12-20)18(3)19-7-5-9-22(32)11-19/h5-14,16-17,25,32-33H,3,15H2,1-2,4H3/b28-27+. The van der Waals surface area contributed by atoms with E-state index in [1.807, 2.05) is 23.7 Å². The highest BCUT2D eigenvalue weighted by Gasteiger charge is 2.32. The molecule has 0 fully saturated rings. The molecule has 1 atom stereocenters. The van der Waals surface area contributed by atoms with Crippen molar-refractivity contribution in [2.24, 2.45) is 5.92 Å². The lowest BCUT2D eigenvalue weighted by molar-refractivity contribution is 0.112. The molecule has 6 heteroatoms. The molecular weight excluding hydrogens is 428 g/mol. The SMILES string of the molecule is C=C(/C(=C1/c2cc(=O)c(C=O)cn2C(C(C)C)CN1C)c1cccc(O)c1)c1cccc(O)c1. The Morgan fingerprint density at radius 2 is 1.68 bits per heavy atom. The number of allylic oxidation sites excluding steroid dienone is 2. The molecule has 0 amide bonds. The molecule has 4 rings (SSSR count). The number of fused-ring (bicyclic) bond motifs is 1. The first kappa shape index (κ1) is 23.1. The van der Waals surface area contributed by atoms with E-state index in [4.69, 9.17) is 0 Å². The van der Waals surface area contributed by atoms with Crippen LogP contribution < -0.4 is 5.43 Å². The molecule has 2 aromatic carbocycles. The first-order valence-corrected chi connectivity index (χ1v) is 11.2. The van der Waals surface area contributed by atoms with Gasteiger partial charge in [0, 0.05) is 31.4 Å². The van der Waals surface area contributed by atoms with Crippen molar-refractivity contribution in [3.63, 3.8) is 0 Å². The summed E-state index contributed by atoms with van der Waals surface area (Å²) in [5.41, 5.74) is 3.97. The molecule has 0 radical (unpaired) electrons. The molecule has 2 heterocycles. The van der Waals surface area contributed by atoms with E-state index < -0.39 is 0 Å². The zero-order valence-electron chi connectivity index (χ0n) is 19.5. The molecule has 0 spiro atoms. The van der Waals surface area contributed by atoms with Crippen LogP contribution in [-0.4, -0.2) is 39.6 Å². The third-order valence-corrected chi connectivity index (χ3v) is 6.32. The number of pyridine rings is 1. The molecule has 3 aromatic rings. The number of hydrogen-bond donors (Lipinski definition) is 2. The zero-order chi connectivity index (χ0) is 24.6. The van der Waals surface area contributed by atoms with Crippen molar-refractivity contribution in [1.82, 2.24) is 9.47 Å². The number of rotatable bonds is 5. The Bertz CT molecular complexity index is 1370. The summed E-state index contributed by atoms with van der Waals surface area (Å²) >= 11 is 0. The van der Waals surface area contributed by atoms with E-state index in [9.17, 15) is 19.8 Å². The second-order valence-corrected chi connectivity index (χ2v) is 9.00. The summed E-state index contributed by atoms with van der Waals surface area (Å²) < 4.78 is 2.00. The van der Waals surface area contributed by atoms with Crippen molar-refractivity contribution in [2.75, 3.05) is 13.6 Å². The average Bonchev–Trinajstić information content (AvgIpc) is 2.80. The number of phenols is 2. The van der Waals surface area contributed by atoms with Crippen LogP contribution >= 0.6 is 0 Å². The van der Waals surface area contributed by atoms with Gasteiger partial charge in [-0.15, -0.1) is 0 Å². The summed E-state index contributed by atoms with van der Waals surface area (Å²) in [6.07, 6.45) is 2.23. The van der Waals surface area contributed by atoms with Gasteiger partial charge in [-0.1, -0.05) is 44.7 Å². The van der Waals surface area contributed by atoms with Crippen LogP contribution in [0.3, 0.4) is 0 Å². The molecule has 34 heavy (non-hydrogen) atoms. The van der Waals surface area contributed by atoms with Gasteiger partial charge in [0.25, 0.3) is 0 Å². The fourth-order valence-electron chi connectivity index (χ4n) is 4.58. The molecular formula is C28H28N2O4. The number of phenolic OH excluding ortho intramolecular Hbond substituents is 2. The molecule has 1 aliphatic heterocycles. The van der Waals surface area contributed by atoms with Crippen LogP contribution in [-0.2, 0) is 0 Å². The Balaban J connectivity index is 2.09. The molecule has 174 valence electrons. The largest absolute Gasteiger partial charge is 0.508 e. The Labute approximate surface area is 198 Å². The van der Waals surface area contributed by atoms with Gasteiger partial charge in [0.2, 0.25) is 0 Å². The minimum Gasteiger partial charge on any atom is -0.508 e. The van der Waals surface area contributed by atoms with Gasteiger partial charge in [0.15, 0.2) is 11.7 Å². The summed E-state index contributed by atoms with van der Waals surface area (Å²) in [6.45, 7) is 9.21. The Morgan fingerprint density at radius 3 is 2.26 bits per heavy atom. The van der Waals surface area contributed by atoms with E-state index in [0.29, 0.717) is 29.7 Å². The normalized spacial score (nSPS) is 16.8. The van der Waals surface area contributed by atoms with Crippen molar-refractivity contribution in [3.05, 3.63) is 100.0 Å². The maximum absolute atomic E-state index is 12.8. The highest BCUT2D eigenvalue weighted by atomic mass is 16.3. The maximum atomic E-state index is 12.8. The second kappa shape index (κ2) is 9.06. The highest BCUT2D eigenvalue weighted by molar-refractivity contribution is 6.13. The van der Waals surface area contributed by atoms with E-state index >= 15 is 0 Å². The van der Waals surface area contributed by atoms with Gasteiger partial charge in [0.1, 0.15) is 11.5 Å². The Morgan fingerprint density at radius 1 is 1.06 bits per heavy atom. The van der Waals surface area contributed by atoms with Crippen LogP contribution in [0.15, 0.2) is 72.2 Å². The lowest BCUT2D eigenvalue weighted by atomic mass is 9.88. The van der Waals surface area contributed by atoms with E-state index in [-0.39, 0.29) is 34.5 Å². The van der Waals surface area contributed by atoms with E-state index in [2.05, 4.69) is 25.3 Å². The molecule has 6 nitrogen and oxygen atoms in total. The van der Waals surface area contributed by atoms with E-state index in [1.54, 1.807) is 42.6 Å². The van der Waals surface area contributed by atoms with Gasteiger partial charge in [-0.2, -0.15) is 0 Å². The minimum atomic E-state index is -0.352. The zero-order valence-corrected chi connectivity index (χ0v) is 19.5. The quantitative estimate of drug-likeness (QED) is 0.539. The summed E-state index contributed by atoms with van der Waals surface area (Å²) in [6, 6.07) is 15.2. The third kappa shape index (κ3) is 4.15.